The van der Waals surface area contributed by atoms with Crippen molar-refractivity contribution in [2.24, 2.45) is 5.92 Å². The summed E-state index contributed by atoms with van der Waals surface area (Å²) in [7, 11) is 0. The zero-order valence-electron chi connectivity index (χ0n) is 15.4. The van der Waals surface area contributed by atoms with Crippen LogP contribution in [0.4, 0.5) is 4.79 Å². The van der Waals surface area contributed by atoms with E-state index in [1.54, 1.807) is 0 Å². The lowest BCUT2D eigenvalue weighted by atomic mass is 9.91. The number of ether oxygens (including phenoxy) is 2. The predicted molar refractivity (Wildman–Crippen MR) is 98.8 cm³/mol. The summed E-state index contributed by atoms with van der Waals surface area (Å²) in [6.45, 7) is 4.93. The Balaban J connectivity index is 1.30. The minimum Gasteiger partial charge on any atom is -0.445 e. The highest BCUT2D eigenvalue weighted by Gasteiger charge is 2.33. The number of carbonyl (C=O) groups excluding carboxylic acids is 1. The molecule has 3 rings (SSSR count). The molecule has 144 valence electrons. The minimum absolute atomic E-state index is 0.299. The molecule has 1 aromatic rings. The molecule has 0 saturated carbocycles. The number of alkyl carbamates (subject to hydrolysis) is 1. The molecule has 0 radical (unpaired) electrons. The number of β-amino-alcohol motifs (C(OH)–C–C–N with tert-alkyl or cyclic N) is 1. The second kappa shape index (κ2) is 9.35. The van der Waals surface area contributed by atoms with Crippen LogP contribution in [-0.2, 0) is 16.1 Å². The summed E-state index contributed by atoms with van der Waals surface area (Å²) in [6.07, 6.45) is 3.16. The van der Waals surface area contributed by atoms with Crippen molar-refractivity contribution in [2.75, 3.05) is 39.4 Å². The van der Waals surface area contributed by atoms with Gasteiger partial charge in [-0.05, 0) is 37.4 Å². The van der Waals surface area contributed by atoms with Crippen molar-refractivity contribution in [2.45, 2.75) is 37.9 Å². The van der Waals surface area contributed by atoms with Crippen LogP contribution >= 0.6 is 0 Å². The molecule has 1 aromatic carbocycles. The van der Waals surface area contributed by atoms with Gasteiger partial charge in [-0.3, -0.25) is 0 Å². The lowest BCUT2D eigenvalue weighted by Gasteiger charge is -2.39. The summed E-state index contributed by atoms with van der Waals surface area (Å²) in [4.78, 5) is 14.2. The van der Waals surface area contributed by atoms with E-state index >= 15 is 0 Å². The highest BCUT2D eigenvalue weighted by Crippen LogP contribution is 2.24. The number of aliphatic hydroxyl groups is 1. The van der Waals surface area contributed by atoms with Crippen molar-refractivity contribution in [3.8, 4) is 0 Å². The second-order valence-corrected chi connectivity index (χ2v) is 7.50. The standard InChI is InChI=1S/C20H30N2O4/c23-19(26-15-18-4-2-1-3-5-18)21-14-17-6-10-22(11-7-17)16-20(24)8-12-25-13-9-20/h1-5,17,24H,6-16H2,(H,21,23). The summed E-state index contributed by atoms with van der Waals surface area (Å²) in [5.41, 5.74) is 0.395. The zero-order chi connectivity index (χ0) is 18.2. The first-order valence-electron chi connectivity index (χ1n) is 9.60. The molecule has 2 saturated heterocycles. The fraction of sp³-hybridized carbons (Fsp3) is 0.650. The van der Waals surface area contributed by atoms with E-state index in [0.717, 1.165) is 50.9 Å². The lowest BCUT2D eigenvalue weighted by molar-refractivity contribution is -0.0829. The van der Waals surface area contributed by atoms with Crippen molar-refractivity contribution in [1.82, 2.24) is 10.2 Å². The third-order valence-electron chi connectivity index (χ3n) is 5.40. The maximum atomic E-state index is 11.8. The number of nitrogens with one attached hydrogen (secondary N) is 1. The highest BCUT2D eigenvalue weighted by atomic mass is 16.5. The van der Waals surface area contributed by atoms with Gasteiger partial charge in [0, 0.05) is 39.1 Å². The van der Waals surface area contributed by atoms with E-state index in [2.05, 4.69) is 10.2 Å². The average molecular weight is 362 g/mol. The quantitative estimate of drug-likeness (QED) is 0.812. The molecule has 0 spiro atoms. The van der Waals surface area contributed by atoms with E-state index < -0.39 is 5.60 Å². The van der Waals surface area contributed by atoms with Crippen LogP contribution in [0.25, 0.3) is 0 Å². The Morgan fingerprint density at radius 2 is 1.92 bits per heavy atom. The number of hydrogen-bond acceptors (Lipinski definition) is 5. The lowest BCUT2D eigenvalue weighted by Crippen LogP contribution is -2.49. The molecule has 6 nitrogen and oxygen atoms in total. The Morgan fingerprint density at radius 3 is 2.62 bits per heavy atom. The molecule has 26 heavy (non-hydrogen) atoms. The molecular weight excluding hydrogens is 332 g/mol. The van der Waals surface area contributed by atoms with Gasteiger partial charge < -0.3 is 24.8 Å². The first-order valence-corrected chi connectivity index (χ1v) is 9.60. The van der Waals surface area contributed by atoms with Gasteiger partial charge >= 0.3 is 6.09 Å². The van der Waals surface area contributed by atoms with Gasteiger partial charge in [0.15, 0.2) is 0 Å². The van der Waals surface area contributed by atoms with Gasteiger partial charge in [0.25, 0.3) is 0 Å². The first-order chi connectivity index (χ1) is 12.6. The smallest absolute Gasteiger partial charge is 0.407 e. The predicted octanol–water partition coefficient (Wildman–Crippen LogP) is 2.17. The maximum absolute atomic E-state index is 11.8. The summed E-state index contributed by atoms with van der Waals surface area (Å²) in [6, 6.07) is 9.68. The van der Waals surface area contributed by atoms with Crippen LogP contribution in [0, 0.1) is 5.92 Å². The van der Waals surface area contributed by atoms with Gasteiger partial charge in [-0.1, -0.05) is 30.3 Å². The van der Waals surface area contributed by atoms with Crippen molar-refractivity contribution < 1.29 is 19.4 Å². The largest absolute Gasteiger partial charge is 0.445 e. The average Bonchev–Trinajstić information content (AvgIpc) is 2.67. The maximum Gasteiger partial charge on any atom is 0.407 e. The van der Waals surface area contributed by atoms with Crippen LogP contribution in [0.5, 0.6) is 0 Å². The summed E-state index contributed by atoms with van der Waals surface area (Å²) in [5, 5.41) is 13.5. The van der Waals surface area contributed by atoms with Gasteiger partial charge in [0.1, 0.15) is 6.61 Å². The number of rotatable bonds is 6. The summed E-state index contributed by atoms with van der Waals surface area (Å²) >= 11 is 0. The number of piperidine rings is 1. The number of nitrogens with zero attached hydrogens (tertiary/aromatic N) is 1. The van der Waals surface area contributed by atoms with Crippen LogP contribution in [0.2, 0.25) is 0 Å². The molecule has 0 bridgehead atoms. The SMILES string of the molecule is O=C(NCC1CCN(CC2(O)CCOCC2)CC1)OCc1ccccc1. The number of likely N-dealkylation sites (tertiary alicyclic amines) is 1. The van der Waals surface area contributed by atoms with E-state index in [1.807, 2.05) is 30.3 Å². The second-order valence-electron chi connectivity index (χ2n) is 7.50. The minimum atomic E-state index is -0.593. The molecule has 0 aliphatic carbocycles. The van der Waals surface area contributed by atoms with Crippen molar-refractivity contribution in [3.63, 3.8) is 0 Å². The van der Waals surface area contributed by atoms with Crippen LogP contribution in [0.1, 0.15) is 31.2 Å². The van der Waals surface area contributed by atoms with Gasteiger partial charge in [-0.15, -0.1) is 0 Å². The molecule has 6 heteroatoms. The van der Waals surface area contributed by atoms with Crippen LogP contribution in [0.3, 0.4) is 0 Å². The third-order valence-corrected chi connectivity index (χ3v) is 5.40. The Morgan fingerprint density at radius 1 is 1.23 bits per heavy atom. The summed E-state index contributed by atoms with van der Waals surface area (Å²) in [5.74, 6) is 0.472. The third kappa shape index (κ3) is 5.97. The Bertz CT molecular complexity index is 552. The molecular formula is C20H30N2O4. The Kier molecular flexibility index (Phi) is 6.88. The molecule has 1 amide bonds. The molecule has 0 atom stereocenters. The van der Waals surface area contributed by atoms with E-state index in [-0.39, 0.29) is 6.09 Å². The van der Waals surface area contributed by atoms with Crippen LogP contribution in [0.15, 0.2) is 30.3 Å². The molecule has 2 aliphatic heterocycles. The summed E-state index contributed by atoms with van der Waals surface area (Å²) < 4.78 is 10.6. The monoisotopic (exact) mass is 362 g/mol. The molecule has 0 unspecified atom stereocenters. The number of hydrogen-bond donors (Lipinski definition) is 2. The van der Waals surface area contributed by atoms with E-state index in [0.29, 0.717) is 32.3 Å². The molecule has 2 aliphatic rings. The van der Waals surface area contributed by atoms with Gasteiger partial charge in [0.2, 0.25) is 0 Å². The van der Waals surface area contributed by atoms with E-state index in [1.165, 1.54) is 0 Å². The first kappa shape index (κ1) is 19.1. The molecule has 2 fully saturated rings. The van der Waals surface area contributed by atoms with Crippen LogP contribution < -0.4 is 5.32 Å². The topological polar surface area (TPSA) is 71.0 Å². The van der Waals surface area contributed by atoms with Gasteiger partial charge in [0.05, 0.1) is 5.60 Å². The zero-order valence-corrected chi connectivity index (χ0v) is 15.4. The molecule has 2 heterocycles. The Hall–Kier alpha value is -1.63. The van der Waals surface area contributed by atoms with Crippen molar-refractivity contribution >= 4 is 6.09 Å². The number of carbonyl (C=O) groups is 1. The number of benzene rings is 1. The van der Waals surface area contributed by atoms with Crippen molar-refractivity contribution in [1.29, 1.82) is 0 Å². The van der Waals surface area contributed by atoms with Gasteiger partial charge in [-0.2, -0.15) is 0 Å². The fourth-order valence-corrected chi connectivity index (χ4v) is 3.68. The molecule has 2 N–H and O–H groups in total. The van der Waals surface area contributed by atoms with E-state index in [9.17, 15) is 9.90 Å². The van der Waals surface area contributed by atoms with Crippen LogP contribution in [-0.4, -0.2) is 61.1 Å². The Labute approximate surface area is 155 Å². The van der Waals surface area contributed by atoms with E-state index in [4.69, 9.17) is 9.47 Å². The normalized spacial score (nSPS) is 21.3. The molecule has 0 aromatic heterocycles. The fourth-order valence-electron chi connectivity index (χ4n) is 3.68. The highest BCUT2D eigenvalue weighted by molar-refractivity contribution is 5.67. The van der Waals surface area contributed by atoms with Gasteiger partial charge in [-0.25, -0.2) is 4.79 Å². The van der Waals surface area contributed by atoms with Crippen molar-refractivity contribution in [3.05, 3.63) is 35.9 Å². The number of amides is 1.